The summed E-state index contributed by atoms with van der Waals surface area (Å²) in [6.07, 6.45) is 1.18. The first-order valence-corrected chi connectivity index (χ1v) is 7.41. The van der Waals surface area contributed by atoms with E-state index in [2.05, 4.69) is 20.6 Å². The average Bonchev–Trinajstić information content (AvgIpc) is 2.65. The monoisotopic (exact) mass is 351 g/mol. The molecule has 6 nitrogen and oxygen atoms in total. The minimum absolute atomic E-state index is 0.0782. The van der Waals surface area contributed by atoms with Crippen LogP contribution in [0.4, 0.5) is 26.0 Å². The van der Waals surface area contributed by atoms with Crippen molar-refractivity contribution in [2.45, 2.75) is 0 Å². The summed E-state index contributed by atoms with van der Waals surface area (Å²) in [6.45, 7) is 0. The van der Waals surface area contributed by atoms with Crippen LogP contribution in [0, 0.1) is 23.0 Å². The zero-order chi connectivity index (χ0) is 18.5. The van der Waals surface area contributed by atoms with Crippen molar-refractivity contribution in [3.8, 4) is 6.07 Å². The summed E-state index contributed by atoms with van der Waals surface area (Å²) in [7, 11) is 0. The maximum absolute atomic E-state index is 13.3. The quantitative estimate of drug-likeness (QED) is 0.749. The summed E-state index contributed by atoms with van der Waals surface area (Å²) in [5.74, 6) is -2.19. The van der Waals surface area contributed by atoms with E-state index in [4.69, 9.17) is 5.26 Å². The number of nitriles is 1. The van der Waals surface area contributed by atoms with Crippen molar-refractivity contribution in [1.29, 1.82) is 5.26 Å². The number of aromatic nitrogens is 2. The van der Waals surface area contributed by atoms with Crippen molar-refractivity contribution < 1.29 is 13.6 Å². The van der Waals surface area contributed by atoms with Gasteiger partial charge in [-0.1, -0.05) is 0 Å². The molecule has 0 aliphatic carbocycles. The fourth-order valence-electron chi connectivity index (χ4n) is 2.09. The number of nitrogens with one attached hydrogen (secondary N) is 2. The van der Waals surface area contributed by atoms with E-state index in [0.717, 1.165) is 12.1 Å². The van der Waals surface area contributed by atoms with E-state index >= 15 is 0 Å². The van der Waals surface area contributed by atoms with E-state index in [1.807, 2.05) is 6.07 Å². The molecule has 0 aliphatic heterocycles. The molecule has 0 fully saturated rings. The van der Waals surface area contributed by atoms with Gasteiger partial charge in [-0.15, -0.1) is 0 Å². The summed E-state index contributed by atoms with van der Waals surface area (Å²) in [4.78, 5) is 20.1. The van der Waals surface area contributed by atoms with E-state index in [1.165, 1.54) is 18.5 Å². The second-order valence-electron chi connectivity index (χ2n) is 5.19. The SMILES string of the molecule is N#Cc1ccc(NC(=O)c2cc(Nc3ccc(F)c(F)c3)ncn2)cc1. The summed E-state index contributed by atoms with van der Waals surface area (Å²) in [6, 6.07) is 13.0. The third-order valence-corrected chi connectivity index (χ3v) is 3.36. The van der Waals surface area contributed by atoms with Gasteiger partial charge in [0.15, 0.2) is 11.6 Å². The van der Waals surface area contributed by atoms with E-state index in [0.29, 0.717) is 11.3 Å². The molecule has 3 rings (SSSR count). The predicted octanol–water partition coefficient (Wildman–Crippen LogP) is 3.62. The van der Waals surface area contributed by atoms with Crippen molar-refractivity contribution in [3.63, 3.8) is 0 Å². The number of anilines is 3. The van der Waals surface area contributed by atoms with Crippen molar-refractivity contribution in [1.82, 2.24) is 9.97 Å². The van der Waals surface area contributed by atoms with Crippen LogP contribution in [0.15, 0.2) is 54.9 Å². The molecule has 1 amide bonds. The first kappa shape index (κ1) is 17.0. The normalized spacial score (nSPS) is 10.0. The Morgan fingerprint density at radius 1 is 0.962 bits per heavy atom. The van der Waals surface area contributed by atoms with Gasteiger partial charge in [-0.25, -0.2) is 18.7 Å². The largest absolute Gasteiger partial charge is 0.340 e. The molecular weight excluding hydrogens is 340 g/mol. The minimum Gasteiger partial charge on any atom is -0.340 e. The Bertz CT molecular complexity index is 999. The Hall–Kier alpha value is -3.86. The Morgan fingerprint density at radius 3 is 2.38 bits per heavy atom. The van der Waals surface area contributed by atoms with Crippen molar-refractivity contribution in [2.75, 3.05) is 10.6 Å². The van der Waals surface area contributed by atoms with Crippen molar-refractivity contribution in [2.24, 2.45) is 0 Å². The molecule has 2 aromatic carbocycles. The maximum Gasteiger partial charge on any atom is 0.274 e. The van der Waals surface area contributed by atoms with Crippen LogP contribution in [0.5, 0.6) is 0 Å². The number of hydrogen-bond donors (Lipinski definition) is 2. The molecule has 8 heteroatoms. The van der Waals surface area contributed by atoms with Gasteiger partial charge in [0, 0.05) is 23.5 Å². The Labute approximate surface area is 147 Å². The van der Waals surface area contributed by atoms with Crippen LogP contribution in [0.25, 0.3) is 0 Å². The zero-order valence-corrected chi connectivity index (χ0v) is 13.2. The molecule has 0 saturated carbocycles. The third kappa shape index (κ3) is 3.96. The second kappa shape index (κ2) is 7.36. The molecular formula is C18H11F2N5O. The van der Waals surface area contributed by atoms with Crippen LogP contribution in [0.3, 0.4) is 0 Å². The van der Waals surface area contributed by atoms with Crippen LogP contribution in [0.1, 0.15) is 16.1 Å². The van der Waals surface area contributed by atoms with Gasteiger partial charge in [0.2, 0.25) is 0 Å². The molecule has 0 saturated heterocycles. The van der Waals surface area contributed by atoms with E-state index in [9.17, 15) is 13.6 Å². The summed E-state index contributed by atoms with van der Waals surface area (Å²) < 4.78 is 26.2. The molecule has 128 valence electrons. The minimum atomic E-state index is -0.997. The van der Waals surface area contributed by atoms with E-state index in [1.54, 1.807) is 24.3 Å². The van der Waals surface area contributed by atoms with Crippen LogP contribution in [0.2, 0.25) is 0 Å². The van der Waals surface area contributed by atoms with Gasteiger partial charge >= 0.3 is 0 Å². The highest BCUT2D eigenvalue weighted by Gasteiger charge is 2.10. The predicted molar refractivity (Wildman–Crippen MR) is 90.8 cm³/mol. The lowest BCUT2D eigenvalue weighted by molar-refractivity contribution is 0.102. The Morgan fingerprint density at radius 2 is 1.69 bits per heavy atom. The number of hydrogen-bond acceptors (Lipinski definition) is 5. The summed E-state index contributed by atoms with van der Waals surface area (Å²) in [5, 5.41) is 14.2. The lowest BCUT2D eigenvalue weighted by atomic mass is 10.2. The van der Waals surface area contributed by atoms with Crippen LogP contribution < -0.4 is 10.6 Å². The number of carbonyl (C=O) groups is 1. The number of halogens is 2. The number of rotatable bonds is 4. The van der Waals surface area contributed by atoms with Gasteiger partial charge in [-0.05, 0) is 36.4 Å². The molecule has 1 aromatic heterocycles. The molecule has 3 aromatic rings. The standard InChI is InChI=1S/C18H11F2N5O/c19-14-6-5-13(7-15(14)20)24-17-8-16(22-10-23-17)18(26)25-12-3-1-11(9-21)2-4-12/h1-8,10H,(H,25,26)(H,22,23,24). The molecule has 0 unspecified atom stereocenters. The molecule has 0 bridgehead atoms. The molecule has 1 heterocycles. The lowest BCUT2D eigenvalue weighted by Crippen LogP contribution is -2.14. The number of nitrogens with zero attached hydrogens (tertiary/aromatic N) is 3. The van der Waals surface area contributed by atoms with Gasteiger partial charge in [-0.3, -0.25) is 4.79 Å². The fraction of sp³-hybridized carbons (Fsp3) is 0. The third-order valence-electron chi connectivity index (χ3n) is 3.36. The average molecular weight is 351 g/mol. The first-order valence-electron chi connectivity index (χ1n) is 7.41. The van der Waals surface area contributed by atoms with E-state index in [-0.39, 0.29) is 17.2 Å². The molecule has 2 N–H and O–H groups in total. The van der Waals surface area contributed by atoms with Crippen LogP contribution in [-0.2, 0) is 0 Å². The molecule has 26 heavy (non-hydrogen) atoms. The summed E-state index contributed by atoms with van der Waals surface area (Å²) in [5.41, 5.74) is 1.33. The van der Waals surface area contributed by atoms with Crippen LogP contribution in [-0.4, -0.2) is 15.9 Å². The molecule has 0 radical (unpaired) electrons. The Kier molecular flexibility index (Phi) is 4.80. The smallest absolute Gasteiger partial charge is 0.274 e. The second-order valence-corrected chi connectivity index (χ2v) is 5.19. The first-order chi connectivity index (χ1) is 12.5. The van der Waals surface area contributed by atoms with Crippen LogP contribution >= 0.6 is 0 Å². The van der Waals surface area contributed by atoms with Gasteiger partial charge in [0.05, 0.1) is 11.6 Å². The van der Waals surface area contributed by atoms with Gasteiger partial charge in [0.25, 0.3) is 5.91 Å². The van der Waals surface area contributed by atoms with E-state index < -0.39 is 17.5 Å². The van der Waals surface area contributed by atoms with Gasteiger partial charge < -0.3 is 10.6 Å². The highest BCUT2D eigenvalue weighted by Crippen LogP contribution is 2.18. The van der Waals surface area contributed by atoms with Crippen molar-refractivity contribution in [3.05, 3.63) is 77.8 Å². The highest BCUT2D eigenvalue weighted by atomic mass is 19.2. The topological polar surface area (TPSA) is 90.7 Å². The molecule has 0 spiro atoms. The van der Waals surface area contributed by atoms with Gasteiger partial charge in [-0.2, -0.15) is 5.26 Å². The fourth-order valence-corrected chi connectivity index (χ4v) is 2.09. The molecule has 0 aliphatic rings. The maximum atomic E-state index is 13.3. The van der Waals surface area contributed by atoms with Crippen molar-refractivity contribution >= 4 is 23.1 Å². The number of benzene rings is 2. The highest BCUT2D eigenvalue weighted by molar-refractivity contribution is 6.03. The molecule has 0 atom stereocenters. The summed E-state index contributed by atoms with van der Waals surface area (Å²) >= 11 is 0. The van der Waals surface area contributed by atoms with Gasteiger partial charge in [0.1, 0.15) is 17.8 Å². The Balaban J connectivity index is 1.74. The number of carbonyl (C=O) groups excluding carboxylic acids is 1. The number of amides is 1. The zero-order valence-electron chi connectivity index (χ0n) is 13.2. The lowest BCUT2D eigenvalue weighted by Gasteiger charge is -2.08.